The average Bonchev–Trinajstić information content (AvgIpc) is 3.21. The minimum atomic E-state index is -2.97. The predicted octanol–water partition coefficient (Wildman–Crippen LogP) is 3.43. The molecule has 0 spiro atoms. The van der Waals surface area contributed by atoms with Gasteiger partial charge in [0, 0.05) is 22.5 Å². The first-order valence-corrected chi connectivity index (χ1v) is 13.2. The van der Waals surface area contributed by atoms with Crippen LogP contribution < -0.4 is 10.6 Å². The first-order valence-electron chi connectivity index (χ1n) is 10.5. The Morgan fingerprint density at radius 2 is 1.97 bits per heavy atom. The monoisotopic (exact) mass is 457 g/mol. The van der Waals surface area contributed by atoms with E-state index >= 15 is 0 Å². The topological polar surface area (TPSA) is 87.6 Å². The van der Waals surface area contributed by atoms with Gasteiger partial charge in [0.2, 0.25) is 0 Å². The Morgan fingerprint density at radius 3 is 2.71 bits per heavy atom. The molecule has 3 atom stereocenters. The van der Waals surface area contributed by atoms with Crippen molar-refractivity contribution < 1.29 is 13.2 Å². The van der Waals surface area contributed by atoms with Gasteiger partial charge in [-0.05, 0) is 49.9 Å². The molecule has 8 heteroatoms. The summed E-state index contributed by atoms with van der Waals surface area (Å²) in [6, 6.07) is 15.7. The third-order valence-electron chi connectivity index (χ3n) is 5.65. The molecule has 1 amide bonds. The highest BCUT2D eigenvalue weighted by Crippen LogP contribution is 2.35. The van der Waals surface area contributed by atoms with Gasteiger partial charge in [0.05, 0.1) is 17.5 Å². The van der Waals surface area contributed by atoms with Crippen LogP contribution in [0.3, 0.4) is 0 Å². The molecular weight excluding hydrogens is 430 g/mol. The highest BCUT2D eigenvalue weighted by molar-refractivity contribution is 8.15. The van der Waals surface area contributed by atoms with Crippen molar-refractivity contribution in [3.05, 3.63) is 65.2 Å². The molecule has 6 nitrogen and oxygen atoms in total. The van der Waals surface area contributed by atoms with E-state index in [1.165, 1.54) is 17.3 Å². The van der Waals surface area contributed by atoms with E-state index in [0.29, 0.717) is 5.56 Å². The molecule has 1 fully saturated rings. The fourth-order valence-electron chi connectivity index (χ4n) is 3.84. The van der Waals surface area contributed by atoms with Gasteiger partial charge in [0.15, 0.2) is 15.0 Å². The summed E-state index contributed by atoms with van der Waals surface area (Å²) in [4.78, 5) is 17.3. The molecule has 2 aliphatic heterocycles. The fourth-order valence-corrected chi connectivity index (χ4v) is 7.50. The normalized spacial score (nSPS) is 22.5. The van der Waals surface area contributed by atoms with E-state index < -0.39 is 9.84 Å². The van der Waals surface area contributed by atoms with Crippen LogP contribution in [0.15, 0.2) is 53.5 Å². The molecule has 0 saturated carbocycles. The Labute approximate surface area is 187 Å². The number of hydrogen-bond donors (Lipinski definition) is 2. The zero-order chi connectivity index (χ0) is 22.0. The molecule has 2 heterocycles. The van der Waals surface area contributed by atoms with E-state index in [-0.39, 0.29) is 34.7 Å². The number of aliphatic imine (C=N–C) groups is 1. The molecular formula is C23H27N3O3S2. The number of anilines is 1. The van der Waals surface area contributed by atoms with Crippen molar-refractivity contribution in [2.45, 2.75) is 44.0 Å². The summed E-state index contributed by atoms with van der Waals surface area (Å²) >= 11 is 1.48. The number of benzene rings is 2. The second-order valence-corrected chi connectivity index (χ2v) is 11.7. The molecule has 0 radical (unpaired) electrons. The number of nitrogens with one attached hydrogen (secondary N) is 2. The molecule has 0 aliphatic carbocycles. The molecule has 0 unspecified atom stereocenters. The first kappa shape index (κ1) is 21.9. The minimum Gasteiger partial charge on any atom is -0.350 e. The number of aryl methyl sites for hydroxylation is 2. The standard InChI is InChI=1S/C23H27N3O3S2/c1-15-8-11-18(22(27)24-16(2)9-10-17-6-4-3-5-7-17)12-19(15)25-23-26-20-13-31(28,29)14-21(20)30-23/h3-8,11-12,16,20-21H,9-10,13-14H2,1-2H3,(H,24,27)(H,25,26)/t16-,20-,21-/m1/s1. The number of sulfone groups is 1. The van der Waals surface area contributed by atoms with Crippen LogP contribution in [0, 0.1) is 6.92 Å². The summed E-state index contributed by atoms with van der Waals surface area (Å²) < 4.78 is 23.5. The molecule has 2 aliphatic rings. The van der Waals surface area contributed by atoms with E-state index in [1.54, 1.807) is 0 Å². The van der Waals surface area contributed by atoms with Gasteiger partial charge in [-0.3, -0.25) is 9.79 Å². The largest absolute Gasteiger partial charge is 0.350 e. The van der Waals surface area contributed by atoms with Crippen molar-refractivity contribution in [2.75, 3.05) is 16.8 Å². The predicted molar refractivity (Wildman–Crippen MR) is 128 cm³/mol. The average molecular weight is 458 g/mol. The lowest BCUT2D eigenvalue weighted by Gasteiger charge is -2.16. The van der Waals surface area contributed by atoms with Crippen LogP contribution in [0.2, 0.25) is 0 Å². The van der Waals surface area contributed by atoms with Crippen LogP contribution >= 0.6 is 11.8 Å². The van der Waals surface area contributed by atoms with E-state index in [9.17, 15) is 13.2 Å². The van der Waals surface area contributed by atoms with E-state index in [1.807, 2.05) is 50.2 Å². The smallest absolute Gasteiger partial charge is 0.251 e. The number of amidine groups is 1. The van der Waals surface area contributed by atoms with Crippen molar-refractivity contribution in [3.8, 4) is 0 Å². The van der Waals surface area contributed by atoms with Crippen LogP contribution in [0.25, 0.3) is 0 Å². The molecule has 0 bridgehead atoms. The van der Waals surface area contributed by atoms with Crippen LogP contribution in [0.5, 0.6) is 0 Å². The molecule has 31 heavy (non-hydrogen) atoms. The Bertz CT molecular complexity index is 1100. The van der Waals surface area contributed by atoms with Gasteiger partial charge in [0.1, 0.15) is 0 Å². The Morgan fingerprint density at radius 1 is 1.19 bits per heavy atom. The van der Waals surface area contributed by atoms with E-state index in [4.69, 9.17) is 0 Å². The SMILES string of the molecule is Cc1ccc(C(=O)N[C@H](C)CCc2ccccc2)cc1NC1=N[C@@H]2CS(=O)(=O)C[C@H]2S1. The summed E-state index contributed by atoms with van der Waals surface area (Å²) in [7, 11) is -2.97. The molecule has 0 aromatic heterocycles. The molecule has 2 N–H and O–H groups in total. The lowest BCUT2D eigenvalue weighted by Crippen LogP contribution is -2.33. The Hall–Kier alpha value is -2.32. The maximum absolute atomic E-state index is 12.8. The second-order valence-electron chi connectivity index (χ2n) is 8.29. The number of carbonyl (C=O) groups excluding carboxylic acids is 1. The number of hydrogen-bond acceptors (Lipinski definition) is 6. The number of amides is 1. The van der Waals surface area contributed by atoms with Gasteiger partial charge in [-0.1, -0.05) is 48.2 Å². The van der Waals surface area contributed by atoms with Crippen molar-refractivity contribution in [1.82, 2.24) is 5.32 Å². The second kappa shape index (κ2) is 9.04. The highest BCUT2D eigenvalue weighted by Gasteiger charge is 2.42. The number of fused-ring (bicyclic) bond motifs is 1. The van der Waals surface area contributed by atoms with Gasteiger partial charge >= 0.3 is 0 Å². The van der Waals surface area contributed by atoms with Gasteiger partial charge in [-0.25, -0.2) is 8.42 Å². The number of thioether (sulfide) groups is 1. The van der Waals surface area contributed by atoms with E-state index in [0.717, 1.165) is 29.3 Å². The lowest BCUT2D eigenvalue weighted by molar-refractivity contribution is 0.0938. The quantitative estimate of drug-likeness (QED) is 0.694. The summed E-state index contributed by atoms with van der Waals surface area (Å²) in [5.41, 5.74) is 3.67. The molecule has 1 saturated heterocycles. The van der Waals surface area contributed by atoms with Crippen LogP contribution in [0.4, 0.5) is 5.69 Å². The molecule has 2 aromatic carbocycles. The van der Waals surface area contributed by atoms with Crippen molar-refractivity contribution in [2.24, 2.45) is 4.99 Å². The third-order valence-corrected chi connectivity index (χ3v) is 8.79. The Kier molecular flexibility index (Phi) is 6.39. The number of rotatable bonds is 6. The van der Waals surface area contributed by atoms with Gasteiger partial charge in [0.25, 0.3) is 5.91 Å². The maximum Gasteiger partial charge on any atom is 0.251 e. The highest BCUT2D eigenvalue weighted by atomic mass is 32.2. The molecule has 164 valence electrons. The zero-order valence-corrected chi connectivity index (χ0v) is 19.3. The van der Waals surface area contributed by atoms with Crippen LogP contribution in [-0.4, -0.2) is 48.3 Å². The Balaban J connectivity index is 1.36. The van der Waals surface area contributed by atoms with Crippen LogP contribution in [0.1, 0.15) is 34.8 Å². The van der Waals surface area contributed by atoms with Gasteiger partial charge in [-0.2, -0.15) is 0 Å². The van der Waals surface area contributed by atoms with Gasteiger partial charge < -0.3 is 10.6 Å². The summed E-state index contributed by atoms with van der Waals surface area (Å²) in [6.45, 7) is 3.99. The van der Waals surface area contributed by atoms with Crippen LogP contribution in [-0.2, 0) is 16.3 Å². The number of nitrogens with zero attached hydrogens (tertiary/aromatic N) is 1. The van der Waals surface area contributed by atoms with Crippen molar-refractivity contribution in [1.29, 1.82) is 0 Å². The minimum absolute atomic E-state index is 0.00949. The van der Waals surface area contributed by atoms with Crippen molar-refractivity contribution >= 4 is 38.4 Å². The molecule has 2 aromatic rings. The van der Waals surface area contributed by atoms with E-state index in [2.05, 4.69) is 27.8 Å². The number of carbonyl (C=O) groups is 1. The fraction of sp³-hybridized carbons (Fsp3) is 0.391. The lowest BCUT2D eigenvalue weighted by atomic mass is 10.1. The molecule has 4 rings (SSSR count). The van der Waals surface area contributed by atoms with Gasteiger partial charge in [-0.15, -0.1) is 0 Å². The summed E-state index contributed by atoms with van der Waals surface area (Å²) in [5, 5.41) is 7.09. The maximum atomic E-state index is 12.8. The summed E-state index contributed by atoms with van der Waals surface area (Å²) in [5.74, 6) is 0.199. The summed E-state index contributed by atoms with van der Waals surface area (Å²) in [6.07, 6.45) is 1.78. The van der Waals surface area contributed by atoms with Crippen molar-refractivity contribution in [3.63, 3.8) is 0 Å². The first-order chi connectivity index (χ1) is 14.8. The zero-order valence-electron chi connectivity index (χ0n) is 17.7. The third kappa shape index (κ3) is 5.49.